The smallest absolute Gasteiger partial charge is 0.432 e. The minimum absolute atomic E-state index is 0.0292. The number of oxime groups is 1. The molecular weight excluding hydrogens is 474 g/mol. The van der Waals surface area contributed by atoms with Crippen molar-refractivity contribution in [2.24, 2.45) is 29.0 Å². The number of methoxy groups -OCH3 is 1. The van der Waals surface area contributed by atoms with Crippen molar-refractivity contribution in [3.63, 3.8) is 0 Å². The SMILES string of the molecule is COC(=O)C12CCCC1C(C1C=C(/N=c3\scc(C(F)(F)F)n3C)C(F)=CC1(C)Cl)=NO2. The number of esters is 1. The third-order valence-electron chi connectivity index (χ3n) is 6.14. The normalized spacial score (nSPS) is 32.8. The molecule has 0 aromatic carbocycles. The van der Waals surface area contributed by atoms with Gasteiger partial charge in [-0.25, -0.2) is 14.2 Å². The monoisotopic (exact) mass is 493 g/mol. The highest BCUT2D eigenvalue weighted by Gasteiger charge is 2.61. The Kier molecular flexibility index (Phi) is 5.56. The zero-order valence-electron chi connectivity index (χ0n) is 17.4. The number of fused-ring (bicyclic) bond motifs is 1. The van der Waals surface area contributed by atoms with Gasteiger partial charge in [-0.3, -0.25) is 0 Å². The zero-order valence-corrected chi connectivity index (χ0v) is 18.9. The lowest BCUT2D eigenvalue weighted by Crippen LogP contribution is -2.46. The summed E-state index contributed by atoms with van der Waals surface area (Å²) in [5.41, 5.74) is -1.81. The first-order chi connectivity index (χ1) is 14.9. The number of allylic oxidation sites excluding steroid dienone is 3. The molecule has 3 aliphatic rings. The van der Waals surface area contributed by atoms with Crippen LogP contribution in [0.25, 0.3) is 0 Å². The predicted molar refractivity (Wildman–Crippen MR) is 109 cm³/mol. The Morgan fingerprint density at radius 2 is 2.19 bits per heavy atom. The third-order valence-corrected chi connectivity index (χ3v) is 7.40. The van der Waals surface area contributed by atoms with Crippen molar-refractivity contribution in [2.45, 2.75) is 42.8 Å². The molecule has 32 heavy (non-hydrogen) atoms. The second kappa shape index (κ2) is 7.72. The molecule has 0 radical (unpaired) electrons. The number of ether oxygens (including phenoxy) is 1. The second-order valence-electron chi connectivity index (χ2n) is 8.18. The summed E-state index contributed by atoms with van der Waals surface area (Å²) in [5, 5.41) is 5.07. The van der Waals surface area contributed by atoms with Gasteiger partial charge in [-0.1, -0.05) is 5.16 Å². The number of rotatable bonds is 3. The first kappa shape index (κ1) is 23.0. The second-order valence-corrected chi connectivity index (χ2v) is 9.83. The van der Waals surface area contributed by atoms with Gasteiger partial charge in [0.2, 0.25) is 5.60 Å². The van der Waals surface area contributed by atoms with Crippen LogP contribution in [0.5, 0.6) is 0 Å². The number of hydrogen-bond acceptors (Lipinski definition) is 6. The summed E-state index contributed by atoms with van der Waals surface area (Å²) in [6.45, 7) is 1.59. The molecule has 2 aliphatic carbocycles. The van der Waals surface area contributed by atoms with Gasteiger partial charge in [-0.05, 0) is 31.9 Å². The van der Waals surface area contributed by atoms with E-state index in [4.69, 9.17) is 21.2 Å². The minimum Gasteiger partial charge on any atom is -0.466 e. The van der Waals surface area contributed by atoms with E-state index in [2.05, 4.69) is 10.1 Å². The fraction of sp³-hybridized carbons (Fsp3) is 0.550. The molecule has 1 saturated carbocycles. The number of aromatic nitrogens is 1. The van der Waals surface area contributed by atoms with E-state index in [1.165, 1.54) is 20.2 Å². The molecule has 1 aromatic heterocycles. The highest BCUT2D eigenvalue weighted by Crippen LogP contribution is 2.50. The molecule has 4 atom stereocenters. The molecule has 0 N–H and O–H groups in total. The number of carbonyl (C=O) groups is 1. The molecule has 1 fully saturated rings. The van der Waals surface area contributed by atoms with Crippen molar-refractivity contribution < 1.29 is 31.9 Å². The topological polar surface area (TPSA) is 65.2 Å². The maximum Gasteiger partial charge on any atom is 0.432 e. The molecule has 0 saturated heterocycles. The number of hydrogen-bond donors (Lipinski definition) is 0. The molecule has 4 rings (SSSR count). The summed E-state index contributed by atoms with van der Waals surface area (Å²) >= 11 is 7.37. The molecule has 1 aliphatic heterocycles. The summed E-state index contributed by atoms with van der Waals surface area (Å²) in [4.78, 5) is 20.9. The van der Waals surface area contributed by atoms with Crippen LogP contribution < -0.4 is 4.80 Å². The Bertz CT molecular complexity index is 1120. The van der Waals surface area contributed by atoms with Crippen LogP contribution in [-0.4, -0.2) is 33.8 Å². The Morgan fingerprint density at radius 1 is 1.47 bits per heavy atom. The Balaban J connectivity index is 1.75. The fourth-order valence-electron chi connectivity index (χ4n) is 4.51. The lowest BCUT2D eigenvalue weighted by molar-refractivity contribution is -0.168. The van der Waals surface area contributed by atoms with Crippen LogP contribution in [0.2, 0.25) is 0 Å². The summed E-state index contributed by atoms with van der Waals surface area (Å²) in [6, 6.07) is 0. The average Bonchev–Trinajstić information content (AvgIpc) is 3.37. The van der Waals surface area contributed by atoms with Crippen molar-refractivity contribution in [1.29, 1.82) is 0 Å². The van der Waals surface area contributed by atoms with Crippen molar-refractivity contribution in [1.82, 2.24) is 4.57 Å². The van der Waals surface area contributed by atoms with Crippen LogP contribution in [0.3, 0.4) is 0 Å². The Labute approximate surface area is 189 Å². The van der Waals surface area contributed by atoms with Crippen LogP contribution >= 0.6 is 22.9 Å². The summed E-state index contributed by atoms with van der Waals surface area (Å²) in [7, 11) is 2.48. The van der Waals surface area contributed by atoms with Crippen LogP contribution in [0.4, 0.5) is 17.6 Å². The number of thiazole rings is 1. The van der Waals surface area contributed by atoms with Gasteiger partial charge >= 0.3 is 12.1 Å². The van der Waals surface area contributed by atoms with Crippen molar-refractivity contribution >= 4 is 34.6 Å². The molecule has 1 aromatic rings. The fourth-order valence-corrected chi connectivity index (χ4v) is 5.69. The molecule has 4 unspecified atom stereocenters. The molecule has 174 valence electrons. The van der Waals surface area contributed by atoms with E-state index < -0.39 is 46.0 Å². The maximum atomic E-state index is 14.8. The van der Waals surface area contributed by atoms with E-state index in [1.54, 1.807) is 6.92 Å². The number of halogens is 5. The van der Waals surface area contributed by atoms with E-state index in [0.29, 0.717) is 25.0 Å². The molecule has 0 amide bonds. The molecular formula is C20H20ClF4N3O3S. The Hall–Kier alpha value is -2.14. The minimum atomic E-state index is -4.55. The van der Waals surface area contributed by atoms with E-state index in [0.717, 1.165) is 27.4 Å². The van der Waals surface area contributed by atoms with Gasteiger partial charge in [-0.15, -0.1) is 22.9 Å². The van der Waals surface area contributed by atoms with Crippen LogP contribution in [0, 0.1) is 11.8 Å². The van der Waals surface area contributed by atoms with E-state index in [-0.39, 0.29) is 10.5 Å². The van der Waals surface area contributed by atoms with Crippen molar-refractivity contribution in [3.05, 3.63) is 39.6 Å². The average molecular weight is 494 g/mol. The molecule has 12 heteroatoms. The van der Waals surface area contributed by atoms with Crippen LogP contribution in [0.15, 0.2) is 39.2 Å². The van der Waals surface area contributed by atoms with Gasteiger partial charge in [0.25, 0.3) is 0 Å². The Morgan fingerprint density at radius 3 is 2.81 bits per heavy atom. The van der Waals surface area contributed by atoms with Gasteiger partial charge in [0.05, 0.1) is 29.3 Å². The quantitative estimate of drug-likeness (QED) is 0.354. The van der Waals surface area contributed by atoms with Gasteiger partial charge < -0.3 is 14.1 Å². The van der Waals surface area contributed by atoms with Crippen LogP contribution in [-0.2, 0) is 27.6 Å². The summed E-state index contributed by atoms with van der Waals surface area (Å²) in [5.74, 6) is -2.39. The molecule has 0 spiro atoms. The predicted octanol–water partition coefficient (Wildman–Crippen LogP) is 4.47. The lowest BCUT2D eigenvalue weighted by atomic mass is 9.75. The van der Waals surface area contributed by atoms with Crippen molar-refractivity contribution in [3.8, 4) is 0 Å². The number of carbonyl (C=O) groups excluding carboxylic acids is 1. The molecule has 0 bridgehead atoms. The standard InChI is InChI=1S/C20H20ClF4N3O3S/c1-18(21)8-12(22)13(26-17-28(2)14(9-32-17)20(23,24)25)7-11(18)15-10-5-4-6-19(10,31-27-15)16(29)30-3/h7-11H,4-6H2,1-3H3/b26-17-. The maximum absolute atomic E-state index is 14.8. The molecule has 6 nitrogen and oxygen atoms in total. The van der Waals surface area contributed by atoms with E-state index >= 15 is 0 Å². The first-order valence-electron chi connectivity index (χ1n) is 9.81. The highest BCUT2D eigenvalue weighted by atomic mass is 35.5. The highest BCUT2D eigenvalue weighted by molar-refractivity contribution is 7.07. The first-order valence-corrected chi connectivity index (χ1v) is 11.1. The third kappa shape index (κ3) is 3.59. The van der Waals surface area contributed by atoms with E-state index in [1.807, 2.05) is 0 Å². The zero-order chi connectivity index (χ0) is 23.5. The largest absolute Gasteiger partial charge is 0.466 e. The van der Waals surface area contributed by atoms with Gasteiger partial charge in [0, 0.05) is 24.8 Å². The summed E-state index contributed by atoms with van der Waals surface area (Å²) in [6.07, 6.45) is -0.213. The molecule has 2 heterocycles. The van der Waals surface area contributed by atoms with Gasteiger partial charge in [0.15, 0.2) is 4.80 Å². The van der Waals surface area contributed by atoms with Gasteiger partial charge in [0.1, 0.15) is 11.5 Å². The number of nitrogens with zero attached hydrogens (tertiary/aromatic N) is 3. The van der Waals surface area contributed by atoms with Gasteiger partial charge in [-0.2, -0.15) is 13.2 Å². The lowest BCUT2D eigenvalue weighted by Gasteiger charge is -2.32. The number of alkyl halides is 4. The van der Waals surface area contributed by atoms with Crippen molar-refractivity contribution in [2.75, 3.05) is 7.11 Å². The summed E-state index contributed by atoms with van der Waals surface area (Å²) < 4.78 is 59.9. The van der Waals surface area contributed by atoms with E-state index in [9.17, 15) is 22.4 Å². The van der Waals surface area contributed by atoms with Crippen LogP contribution in [0.1, 0.15) is 31.9 Å².